The molecule has 0 aliphatic rings. The van der Waals surface area contributed by atoms with Gasteiger partial charge in [-0.15, -0.1) is 0 Å². The zero-order valence-corrected chi connectivity index (χ0v) is 38.2. The Bertz CT molecular complexity index is 1170. The van der Waals surface area contributed by atoms with Gasteiger partial charge in [0.2, 0.25) is 0 Å². The van der Waals surface area contributed by atoms with Crippen LogP contribution in [0.15, 0.2) is 85.1 Å². The molecular formula is C53H88O6. The van der Waals surface area contributed by atoms with Crippen LogP contribution in [0, 0.1) is 0 Å². The molecule has 0 aliphatic carbocycles. The molecule has 0 spiro atoms. The molecule has 0 aromatic rings. The van der Waals surface area contributed by atoms with Gasteiger partial charge in [0.05, 0.1) is 0 Å². The average molecular weight is 821 g/mol. The van der Waals surface area contributed by atoms with E-state index in [2.05, 4.69) is 51.2 Å². The number of carbonyl (C=O) groups excluding carboxylic acids is 3. The molecule has 0 aromatic carbocycles. The molecule has 0 aliphatic heterocycles. The number of ether oxygens (including phenoxy) is 3. The quantitative estimate of drug-likeness (QED) is 0.0264. The van der Waals surface area contributed by atoms with E-state index in [1.54, 1.807) is 0 Å². The number of allylic oxidation sites excluding steroid dienone is 14. The van der Waals surface area contributed by atoms with Crippen LogP contribution in [0.1, 0.15) is 213 Å². The Hall–Kier alpha value is -3.41. The number of rotatable bonds is 42. The number of unbranched alkanes of at least 4 members (excludes halogenated alkanes) is 22. The van der Waals surface area contributed by atoms with Crippen molar-refractivity contribution in [3.63, 3.8) is 0 Å². The van der Waals surface area contributed by atoms with Gasteiger partial charge < -0.3 is 14.2 Å². The van der Waals surface area contributed by atoms with Crippen molar-refractivity contribution >= 4 is 17.9 Å². The largest absolute Gasteiger partial charge is 0.462 e. The lowest BCUT2D eigenvalue weighted by molar-refractivity contribution is -0.167. The summed E-state index contributed by atoms with van der Waals surface area (Å²) < 4.78 is 16.6. The molecule has 0 heterocycles. The Balaban J connectivity index is 4.46. The molecule has 0 rings (SSSR count). The van der Waals surface area contributed by atoms with E-state index in [-0.39, 0.29) is 37.5 Å². The van der Waals surface area contributed by atoms with Gasteiger partial charge in [0, 0.05) is 19.3 Å². The van der Waals surface area contributed by atoms with Gasteiger partial charge in [0.25, 0.3) is 0 Å². The van der Waals surface area contributed by atoms with Gasteiger partial charge in [-0.2, -0.15) is 0 Å². The molecule has 336 valence electrons. The first-order valence-corrected chi connectivity index (χ1v) is 24.2. The van der Waals surface area contributed by atoms with Gasteiger partial charge in [0.1, 0.15) is 13.2 Å². The second-order valence-corrected chi connectivity index (χ2v) is 15.8. The molecule has 1 atom stereocenters. The van der Waals surface area contributed by atoms with E-state index in [4.69, 9.17) is 14.2 Å². The van der Waals surface area contributed by atoms with Gasteiger partial charge in [-0.1, -0.05) is 228 Å². The van der Waals surface area contributed by atoms with Crippen LogP contribution in [-0.4, -0.2) is 37.2 Å². The molecular weight excluding hydrogens is 733 g/mol. The molecule has 0 saturated carbocycles. The standard InChI is InChI=1S/C53H88O6/c1-4-7-10-13-16-19-22-24-25-26-27-29-31-34-37-40-43-46-52(55)58-49-50(48-57-51(54)45-42-39-36-33-30-21-18-15-12-9-6-3)59-53(56)47-44-41-38-35-32-28-23-20-17-14-11-8-5-2/h8,11,14-15,17-18,20-21,23,28,30,32,35,38,50H,4-7,9-10,12-13,16,19,22,24-27,29,31,33-34,36-37,39-49H2,1-3H3/b11-8-,17-14-,18-15-,23-20-,30-21-,32-28-,38-35-. The highest BCUT2D eigenvalue weighted by molar-refractivity contribution is 5.71. The molecule has 0 radical (unpaired) electrons. The molecule has 6 nitrogen and oxygen atoms in total. The van der Waals surface area contributed by atoms with Crippen molar-refractivity contribution in [2.75, 3.05) is 13.2 Å². The van der Waals surface area contributed by atoms with E-state index in [0.29, 0.717) is 19.3 Å². The van der Waals surface area contributed by atoms with Crippen molar-refractivity contribution < 1.29 is 28.6 Å². The summed E-state index contributed by atoms with van der Waals surface area (Å²) in [6.07, 6.45) is 60.1. The molecule has 0 fully saturated rings. The highest BCUT2D eigenvalue weighted by atomic mass is 16.6. The van der Waals surface area contributed by atoms with E-state index in [1.165, 1.54) is 103 Å². The Morgan fingerprint density at radius 1 is 0.356 bits per heavy atom. The summed E-state index contributed by atoms with van der Waals surface area (Å²) in [4.78, 5) is 37.8. The van der Waals surface area contributed by atoms with E-state index in [0.717, 1.165) is 64.2 Å². The summed E-state index contributed by atoms with van der Waals surface area (Å²) in [7, 11) is 0. The smallest absolute Gasteiger partial charge is 0.306 e. The van der Waals surface area contributed by atoms with Gasteiger partial charge >= 0.3 is 17.9 Å². The first kappa shape index (κ1) is 55.6. The minimum atomic E-state index is -0.821. The molecule has 0 amide bonds. The molecule has 59 heavy (non-hydrogen) atoms. The van der Waals surface area contributed by atoms with E-state index in [1.807, 2.05) is 54.7 Å². The maximum atomic E-state index is 12.7. The van der Waals surface area contributed by atoms with Crippen LogP contribution < -0.4 is 0 Å². The maximum absolute atomic E-state index is 12.7. The lowest BCUT2D eigenvalue weighted by Gasteiger charge is -2.18. The van der Waals surface area contributed by atoms with Gasteiger partial charge in [0.15, 0.2) is 6.10 Å². The first-order chi connectivity index (χ1) is 29.0. The van der Waals surface area contributed by atoms with Crippen molar-refractivity contribution in [3.05, 3.63) is 85.1 Å². The predicted octanol–water partition coefficient (Wildman–Crippen LogP) is 15.6. The summed E-state index contributed by atoms with van der Waals surface area (Å²) in [5.41, 5.74) is 0. The second-order valence-electron chi connectivity index (χ2n) is 15.8. The average Bonchev–Trinajstić information content (AvgIpc) is 3.23. The molecule has 0 saturated heterocycles. The van der Waals surface area contributed by atoms with Crippen molar-refractivity contribution in [1.82, 2.24) is 0 Å². The number of hydrogen-bond donors (Lipinski definition) is 0. The number of esters is 3. The van der Waals surface area contributed by atoms with Crippen LogP contribution in [0.5, 0.6) is 0 Å². The fourth-order valence-electron chi connectivity index (χ4n) is 6.39. The first-order valence-electron chi connectivity index (χ1n) is 24.2. The van der Waals surface area contributed by atoms with Crippen LogP contribution >= 0.6 is 0 Å². The van der Waals surface area contributed by atoms with Crippen LogP contribution in [0.3, 0.4) is 0 Å². The molecule has 0 aromatic heterocycles. The summed E-state index contributed by atoms with van der Waals surface area (Å²) in [6, 6.07) is 0. The van der Waals surface area contributed by atoms with Gasteiger partial charge in [-0.3, -0.25) is 14.4 Å². The normalized spacial score (nSPS) is 12.8. The van der Waals surface area contributed by atoms with Crippen LogP contribution in [-0.2, 0) is 28.6 Å². The van der Waals surface area contributed by atoms with E-state index >= 15 is 0 Å². The number of hydrogen-bond acceptors (Lipinski definition) is 6. The highest BCUT2D eigenvalue weighted by Gasteiger charge is 2.19. The predicted molar refractivity (Wildman–Crippen MR) is 251 cm³/mol. The van der Waals surface area contributed by atoms with Crippen molar-refractivity contribution in [1.29, 1.82) is 0 Å². The summed E-state index contributed by atoms with van der Waals surface area (Å²) in [5, 5.41) is 0. The second kappa shape index (κ2) is 47.3. The Morgan fingerprint density at radius 3 is 1.15 bits per heavy atom. The zero-order valence-electron chi connectivity index (χ0n) is 38.2. The molecule has 1 unspecified atom stereocenters. The molecule has 0 bridgehead atoms. The fraction of sp³-hybridized carbons (Fsp3) is 0.679. The number of carbonyl (C=O) groups is 3. The third-order valence-corrected chi connectivity index (χ3v) is 10.0. The topological polar surface area (TPSA) is 78.9 Å². The maximum Gasteiger partial charge on any atom is 0.306 e. The van der Waals surface area contributed by atoms with Crippen LogP contribution in [0.25, 0.3) is 0 Å². The fourth-order valence-corrected chi connectivity index (χ4v) is 6.39. The van der Waals surface area contributed by atoms with E-state index < -0.39 is 6.10 Å². The van der Waals surface area contributed by atoms with Gasteiger partial charge in [-0.05, 0) is 51.4 Å². The van der Waals surface area contributed by atoms with Crippen molar-refractivity contribution in [3.8, 4) is 0 Å². The van der Waals surface area contributed by atoms with E-state index in [9.17, 15) is 14.4 Å². The SMILES string of the molecule is CC\C=C/C=C\C=C/C=C\C=C/CCCC(=O)OC(COC(=O)CCCCC/C=C\C=C/CCCC)COC(=O)CCCCCCCCCCCCCCCCCCC. The zero-order chi connectivity index (χ0) is 43.0. The Morgan fingerprint density at radius 2 is 0.695 bits per heavy atom. The third kappa shape index (κ3) is 45.5. The molecule has 6 heteroatoms. The minimum Gasteiger partial charge on any atom is -0.462 e. The Labute approximate surface area is 363 Å². The van der Waals surface area contributed by atoms with Crippen molar-refractivity contribution in [2.45, 2.75) is 219 Å². The van der Waals surface area contributed by atoms with Crippen LogP contribution in [0.2, 0.25) is 0 Å². The highest BCUT2D eigenvalue weighted by Crippen LogP contribution is 2.15. The summed E-state index contributed by atoms with van der Waals surface area (Å²) in [6.45, 7) is 6.35. The minimum absolute atomic E-state index is 0.113. The monoisotopic (exact) mass is 821 g/mol. The van der Waals surface area contributed by atoms with Crippen LogP contribution in [0.4, 0.5) is 0 Å². The lowest BCUT2D eigenvalue weighted by atomic mass is 10.0. The van der Waals surface area contributed by atoms with Crippen molar-refractivity contribution in [2.24, 2.45) is 0 Å². The molecule has 0 N–H and O–H groups in total. The third-order valence-electron chi connectivity index (χ3n) is 10.0. The Kier molecular flexibility index (Phi) is 44.5. The summed E-state index contributed by atoms with van der Waals surface area (Å²) in [5.74, 6) is -1.02. The van der Waals surface area contributed by atoms with Gasteiger partial charge in [-0.25, -0.2) is 0 Å². The summed E-state index contributed by atoms with van der Waals surface area (Å²) >= 11 is 0. The lowest BCUT2D eigenvalue weighted by Crippen LogP contribution is -2.30.